The van der Waals surface area contributed by atoms with Gasteiger partial charge in [-0.2, -0.15) is 0 Å². The molecule has 0 saturated heterocycles. The molecular weight excluding hydrogens is 244 g/mol. The SMILES string of the molecule is COc1ccc(CNc2cncc(N)n2)cc1OC. The van der Waals surface area contributed by atoms with Crippen molar-refractivity contribution >= 4 is 11.6 Å². The van der Waals surface area contributed by atoms with Crippen molar-refractivity contribution in [2.24, 2.45) is 0 Å². The van der Waals surface area contributed by atoms with Gasteiger partial charge in [0.1, 0.15) is 11.6 Å². The summed E-state index contributed by atoms with van der Waals surface area (Å²) in [5.41, 5.74) is 6.60. The van der Waals surface area contributed by atoms with E-state index in [1.807, 2.05) is 18.2 Å². The number of hydrogen-bond donors (Lipinski definition) is 2. The molecule has 0 fully saturated rings. The van der Waals surface area contributed by atoms with Crippen molar-refractivity contribution in [3.63, 3.8) is 0 Å². The Balaban J connectivity index is 2.07. The van der Waals surface area contributed by atoms with Crippen LogP contribution < -0.4 is 20.5 Å². The maximum atomic E-state index is 5.56. The molecule has 0 aliphatic heterocycles. The van der Waals surface area contributed by atoms with E-state index in [0.717, 1.165) is 5.56 Å². The molecule has 0 bridgehead atoms. The summed E-state index contributed by atoms with van der Waals surface area (Å²) >= 11 is 0. The second-order valence-electron chi connectivity index (χ2n) is 3.87. The summed E-state index contributed by atoms with van der Waals surface area (Å²) in [6.45, 7) is 0.596. The van der Waals surface area contributed by atoms with Crippen molar-refractivity contribution in [2.75, 3.05) is 25.3 Å². The Kier molecular flexibility index (Phi) is 4.02. The highest BCUT2D eigenvalue weighted by Gasteiger charge is 2.04. The van der Waals surface area contributed by atoms with Gasteiger partial charge >= 0.3 is 0 Å². The summed E-state index contributed by atoms with van der Waals surface area (Å²) in [5.74, 6) is 2.42. The number of methoxy groups -OCH3 is 2. The van der Waals surface area contributed by atoms with Gasteiger partial charge in [-0.3, -0.25) is 4.98 Å². The number of nitrogens with two attached hydrogens (primary N) is 1. The van der Waals surface area contributed by atoms with Gasteiger partial charge in [0.05, 0.1) is 26.6 Å². The second-order valence-corrected chi connectivity index (χ2v) is 3.87. The largest absolute Gasteiger partial charge is 0.493 e. The summed E-state index contributed by atoms with van der Waals surface area (Å²) in [7, 11) is 3.22. The summed E-state index contributed by atoms with van der Waals surface area (Å²) in [5, 5.41) is 3.14. The molecule has 0 spiro atoms. The van der Waals surface area contributed by atoms with Crippen LogP contribution in [0.1, 0.15) is 5.56 Å². The van der Waals surface area contributed by atoms with Gasteiger partial charge in [0.2, 0.25) is 0 Å². The van der Waals surface area contributed by atoms with Crippen molar-refractivity contribution in [1.29, 1.82) is 0 Å². The van der Waals surface area contributed by atoms with Gasteiger partial charge in [-0.05, 0) is 17.7 Å². The predicted octanol–water partition coefficient (Wildman–Crippen LogP) is 1.69. The molecule has 100 valence electrons. The molecule has 0 saturated carbocycles. The normalized spacial score (nSPS) is 10.0. The van der Waals surface area contributed by atoms with Gasteiger partial charge in [-0.25, -0.2) is 4.98 Å². The lowest BCUT2D eigenvalue weighted by atomic mass is 10.2. The number of hydrogen-bond acceptors (Lipinski definition) is 6. The number of rotatable bonds is 5. The minimum atomic E-state index is 0.386. The van der Waals surface area contributed by atoms with E-state index in [2.05, 4.69) is 15.3 Å². The zero-order chi connectivity index (χ0) is 13.7. The Hall–Kier alpha value is -2.50. The number of nitrogens with zero attached hydrogens (tertiary/aromatic N) is 2. The summed E-state index contributed by atoms with van der Waals surface area (Å²) in [6, 6.07) is 5.72. The molecule has 1 heterocycles. The van der Waals surface area contributed by atoms with Crippen LogP contribution in [0.15, 0.2) is 30.6 Å². The van der Waals surface area contributed by atoms with Gasteiger partial charge in [-0.15, -0.1) is 0 Å². The molecule has 0 aliphatic carbocycles. The van der Waals surface area contributed by atoms with E-state index in [4.69, 9.17) is 15.2 Å². The van der Waals surface area contributed by atoms with E-state index in [1.54, 1.807) is 20.4 Å². The average molecular weight is 260 g/mol. The first kappa shape index (κ1) is 12.9. The second kappa shape index (κ2) is 5.90. The Labute approximate surface area is 111 Å². The van der Waals surface area contributed by atoms with Crippen LogP contribution in [0.4, 0.5) is 11.6 Å². The van der Waals surface area contributed by atoms with Gasteiger partial charge in [0.25, 0.3) is 0 Å². The molecule has 2 aromatic rings. The third-order valence-electron chi connectivity index (χ3n) is 2.57. The van der Waals surface area contributed by atoms with E-state index in [0.29, 0.717) is 29.7 Å². The quantitative estimate of drug-likeness (QED) is 0.851. The lowest BCUT2D eigenvalue weighted by Crippen LogP contribution is -2.04. The molecule has 2 rings (SSSR count). The Bertz CT molecular complexity index is 560. The maximum absolute atomic E-state index is 5.56. The molecule has 0 unspecified atom stereocenters. The monoisotopic (exact) mass is 260 g/mol. The van der Waals surface area contributed by atoms with Crippen LogP contribution in [0.25, 0.3) is 0 Å². The highest BCUT2D eigenvalue weighted by Crippen LogP contribution is 2.27. The van der Waals surface area contributed by atoms with Crippen LogP contribution in [-0.4, -0.2) is 24.2 Å². The lowest BCUT2D eigenvalue weighted by molar-refractivity contribution is 0.354. The highest BCUT2D eigenvalue weighted by atomic mass is 16.5. The fourth-order valence-corrected chi connectivity index (χ4v) is 1.65. The van der Waals surface area contributed by atoms with Crippen molar-refractivity contribution in [3.05, 3.63) is 36.2 Å². The standard InChI is InChI=1S/C13H16N4O2/c1-18-10-4-3-9(5-11(10)19-2)6-16-13-8-15-7-12(14)17-13/h3-5,7-8H,6H2,1-2H3,(H3,14,16,17). The molecule has 0 amide bonds. The summed E-state index contributed by atoms with van der Waals surface area (Å²) in [6.07, 6.45) is 3.12. The first-order valence-electron chi connectivity index (χ1n) is 5.75. The Morgan fingerprint density at radius 3 is 2.63 bits per heavy atom. The van der Waals surface area contributed by atoms with E-state index >= 15 is 0 Å². The zero-order valence-corrected chi connectivity index (χ0v) is 10.9. The van der Waals surface area contributed by atoms with Crippen LogP contribution in [0.2, 0.25) is 0 Å². The van der Waals surface area contributed by atoms with E-state index < -0.39 is 0 Å². The third-order valence-corrected chi connectivity index (χ3v) is 2.57. The number of nitrogen functional groups attached to an aromatic ring is 1. The summed E-state index contributed by atoms with van der Waals surface area (Å²) in [4.78, 5) is 8.08. The third kappa shape index (κ3) is 3.25. The van der Waals surface area contributed by atoms with Crippen LogP contribution in [0.3, 0.4) is 0 Å². The van der Waals surface area contributed by atoms with Crippen molar-refractivity contribution in [1.82, 2.24) is 9.97 Å². The van der Waals surface area contributed by atoms with Gasteiger partial charge in [-0.1, -0.05) is 6.07 Å². The minimum Gasteiger partial charge on any atom is -0.493 e. The van der Waals surface area contributed by atoms with Crippen molar-refractivity contribution in [2.45, 2.75) is 6.54 Å². The molecule has 6 nitrogen and oxygen atoms in total. The van der Waals surface area contributed by atoms with Crippen LogP contribution in [0.5, 0.6) is 11.5 Å². The first-order chi connectivity index (χ1) is 9.22. The molecule has 3 N–H and O–H groups in total. The first-order valence-corrected chi connectivity index (χ1v) is 5.75. The van der Waals surface area contributed by atoms with Crippen LogP contribution in [-0.2, 0) is 6.54 Å². The smallest absolute Gasteiger partial charge is 0.161 e. The fourth-order valence-electron chi connectivity index (χ4n) is 1.65. The average Bonchev–Trinajstić information content (AvgIpc) is 2.45. The topological polar surface area (TPSA) is 82.3 Å². The molecule has 0 radical (unpaired) electrons. The number of aromatic nitrogens is 2. The molecule has 0 aliphatic rings. The van der Waals surface area contributed by atoms with Crippen LogP contribution in [0, 0.1) is 0 Å². The van der Waals surface area contributed by atoms with Gasteiger partial charge in [0, 0.05) is 6.54 Å². The molecular formula is C13H16N4O2. The van der Waals surface area contributed by atoms with E-state index in [1.165, 1.54) is 6.20 Å². The number of benzene rings is 1. The number of nitrogens with one attached hydrogen (secondary N) is 1. The lowest BCUT2D eigenvalue weighted by Gasteiger charge is -2.10. The molecule has 19 heavy (non-hydrogen) atoms. The van der Waals surface area contributed by atoms with Crippen molar-refractivity contribution in [3.8, 4) is 11.5 Å². The maximum Gasteiger partial charge on any atom is 0.161 e. The van der Waals surface area contributed by atoms with E-state index in [-0.39, 0.29) is 0 Å². The number of anilines is 2. The van der Waals surface area contributed by atoms with Crippen LogP contribution >= 0.6 is 0 Å². The van der Waals surface area contributed by atoms with E-state index in [9.17, 15) is 0 Å². The molecule has 6 heteroatoms. The zero-order valence-electron chi connectivity index (χ0n) is 10.9. The highest BCUT2D eigenvalue weighted by molar-refractivity contribution is 5.45. The van der Waals surface area contributed by atoms with Gasteiger partial charge in [0.15, 0.2) is 11.5 Å². The minimum absolute atomic E-state index is 0.386. The Morgan fingerprint density at radius 1 is 1.16 bits per heavy atom. The molecule has 1 aromatic carbocycles. The fraction of sp³-hybridized carbons (Fsp3) is 0.231. The number of ether oxygens (including phenoxy) is 2. The van der Waals surface area contributed by atoms with Gasteiger partial charge < -0.3 is 20.5 Å². The molecule has 0 atom stereocenters. The van der Waals surface area contributed by atoms with Crippen molar-refractivity contribution < 1.29 is 9.47 Å². The molecule has 1 aromatic heterocycles. The summed E-state index contributed by atoms with van der Waals surface area (Å²) < 4.78 is 10.4. The Morgan fingerprint density at radius 2 is 1.95 bits per heavy atom. The predicted molar refractivity (Wildman–Crippen MR) is 73.3 cm³/mol.